The number of nitrogens with zero attached hydrogens (tertiary/aromatic N) is 2. The molecule has 0 saturated carbocycles. The van der Waals surface area contributed by atoms with E-state index in [0.717, 1.165) is 5.69 Å². The van der Waals surface area contributed by atoms with Crippen LogP contribution in [0.3, 0.4) is 0 Å². The van der Waals surface area contributed by atoms with E-state index in [2.05, 4.69) is 40.2 Å². The van der Waals surface area contributed by atoms with Crippen LogP contribution in [0.15, 0.2) is 71.6 Å². The van der Waals surface area contributed by atoms with Crippen molar-refractivity contribution in [3.63, 3.8) is 0 Å². The van der Waals surface area contributed by atoms with Gasteiger partial charge in [0.05, 0.1) is 4.90 Å². The minimum Gasteiger partial charge on any atom is -0.338 e. The summed E-state index contributed by atoms with van der Waals surface area (Å²) < 4.78 is 27.0. The minimum atomic E-state index is -3.68. The van der Waals surface area contributed by atoms with E-state index in [-0.39, 0.29) is 10.7 Å². The maximum absolute atomic E-state index is 12.3. The number of benzene rings is 2. The van der Waals surface area contributed by atoms with Crippen LogP contribution in [0.4, 0.5) is 17.3 Å². The Labute approximate surface area is 153 Å². The summed E-state index contributed by atoms with van der Waals surface area (Å²) in [5.41, 5.74) is 2.12. The monoisotopic (exact) mass is 368 g/mol. The van der Waals surface area contributed by atoms with E-state index in [4.69, 9.17) is 0 Å². The Morgan fingerprint density at radius 1 is 0.808 bits per heavy atom. The number of hydrogen-bond acceptors (Lipinski definition) is 5. The predicted molar refractivity (Wildman–Crippen MR) is 103 cm³/mol. The van der Waals surface area contributed by atoms with Crippen LogP contribution < -0.4 is 10.0 Å². The van der Waals surface area contributed by atoms with Crippen molar-refractivity contribution in [2.75, 3.05) is 10.0 Å². The van der Waals surface area contributed by atoms with Crippen molar-refractivity contribution >= 4 is 27.3 Å². The first-order chi connectivity index (χ1) is 12.5. The summed E-state index contributed by atoms with van der Waals surface area (Å²) in [6.07, 6.45) is 0. The summed E-state index contributed by atoms with van der Waals surface area (Å²) in [4.78, 5) is 0.176. The van der Waals surface area contributed by atoms with E-state index in [1.807, 2.05) is 18.2 Å². The fourth-order valence-electron chi connectivity index (χ4n) is 2.50. The average Bonchev–Trinajstić information content (AvgIpc) is 2.64. The molecule has 26 heavy (non-hydrogen) atoms. The molecule has 1 aromatic heterocycles. The van der Waals surface area contributed by atoms with Crippen LogP contribution in [-0.2, 0) is 10.0 Å². The normalized spacial score (nSPS) is 11.3. The van der Waals surface area contributed by atoms with Crippen LogP contribution in [0.25, 0.3) is 0 Å². The Morgan fingerprint density at radius 3 is 2.08 bits per heavy atom. The molecular formula is C19H20N4O2S. The number of para-hydroxylation sites is 1. The maximum atomic E-state index is 12.3. The molecule has 6 nitrogen and oxygen atoms in total. The first kappa shape index (κ1) is 17.9. The number of rotatable bonds is 6. The summed E-state index contributed by atoms with van der Waals surface area (Å²) in [6.45, 7) is 4.24. The van der Waals surface area contributed by atoms with Gasteiger partial charge in [0, 0.05) is 5.69 Å². The van der Waals surface area contributed by atoms with Gasteiger partial charge in [0.1, 0.15) is 0 Å². The van der Waals surface area contributed by atoms with Gasteiger partial charge in [-0.3, -0.25) is 4.72 Å². The molecule has 0 atom stereocenters. The standard InChI is InChI=1S/C19H20N4O2S/c1-14(2)16-10-6-7-11-17(16)20-18-12-13-19(22-21-18)23-26(24,25)15-8-4-3-5-9-15/h3-14H,1-2H3,(H,20,21)(H,22,23). The molecule has 0 fully saturated rings. The number of nitrogens with one attached hydrogen (secondary N) is 2. The fraction of sp³-hybridized carbons (Fsp3) is 0.158. The van der Waals surface area contributed by atoms with E-state index in [1.165, 1.54) is 17.7 Å². The lowest BCUT2D eigenvalue weighted by Crippen LogP contribution is -2.14. The van der Waals surface area contributed by atoms with Crippen molar-refractivity contribution in [2.45, 2.75) is 24.7 Å². The first-order valence-corrected chi connectivity index (χ1v) is 9.71. The topological polar surface area (TPSA) is 84.0 Å². The Bertz CT molecular complexity index is 972. The SMILES string of the molecule is CC(C)c1ccccc1Nc1ccc(NS(=O)(=O)c2ccccc2)nn1. The van der Waals surface area contributed by atoms with Crippen LogP contribution >= 0.6 is 0 Å². The molecule has 3 rings (SSSR count). The molecule has 1 heterocycles. The molecule has 134 valence electrons. The van der Waals surface area contributed by atoms with Crippen molar-refractivity contribution in [2.24, 2.45) is 0 Å². The molecule has 0 amide bonds. The molecule has 2 aromatic carbocycles. The summed E-state index contributed by atoms with van der Waals surface area (Å²) >= 11 is 0. The Morgan fingerprint density at radius 2 is 1.42 bits per heavy atom. The van der Waals surface area contributed by atoms with Crippen molar-refractivity contribution < 1.29 is 8.42 Å². The molecule has 2 N–H and O–H groups in total. The molecule has 7 heteroatoms. The largest absolute Gasteiger partial charge is 0.338 e. The molecule has 0 aliphatic heterocycles. The molecule has 3 aromatic rings. The van der Waals surface area contributed by atoms with Crippen molar-refractivity contribution in [3.8, 4) is 0 Å². The molecule has 0 spiro atoms. The van der Waals surface area contributed by atoms with Crippen molar-refractivity contribution in [1.82, 2.24) is 10.2 Å². The number of hydrogen-bond donors (Lipinski definition) is 2. The average molecular weight is 368 g/mol. The van der Waals surface area contributed by atoms with Gasteiger partial charge in [0.25, 0.3) is 10.0 Å². The number of sulfonamides is 1. The third-order valence-electron chi connectivity index (χ3n) is 3.80. The zero-order chi connectivity index (χ0) is 18.6. The highest BCUT2D eigenvalue weighted by Crippen LogP contribution is 2.26. The third-order valence-corrected chi connectivity index (χ3v) is 5.17. The van der Waals surface area contributed by atoms with E-state index in [0.29, 0.717) is 11.7 Å². The summed E-state index contributed by atoms with van der Waals surface area (Å²) in [5, 5.41) is 11.2. The van der Waals surface area contributed by atoms with Gasteiger partial charge in [0.15, 0.2) is 11.6 Å². The maximum Gasteiger partial charge on any atom is 0.263 e. The van der Waals surface area contributed by atoms with Crippen LogP contribution in [0.2, 0.25) is 0 Å². The van der Waals surface area contributed by atoms with Crippen molar-refractivity contribution in [3.05, 3.63) is 72.3 Å². The van der Waals surface area contributed by atoms with Crippen LogP contribution in [-0.4, -0.2) is 18.6 Å². The van der Waals surface area contributed by atoms with Gasteiger partial charge in [0.2, 0.25) is 0 Å². The van der Waals surface area contributed by atoms with Crippen molar-refractivity contribution in [1.29, 1.82) is 0 Å². The molecule has 0 aliphatic rings. The lowest BCUT2D eigenvalue weighted by atomic mass is 10.0. The lowest BCUT2D eigenvalue weighted by molar-refractivity contribution is 0.601. The molecule has 0 radical (unpaired) electrons. The van der Waals surface area contributed by atoms with E-state index in [9.17, 15) is 8.42 Å². The zero-order valence-corrected chi connectivity index (χ0v) is 15.4. The van der Waals surface area contributed by atoms with E-state index >= 15 is 0 Å². The smallest absolute Gasteiger partial charge is 0.263 e. The van der Waals surface area contributed by atoms with Gasteiger partial charge >= 0.3 is 0 Å². The fourth-order valence-corrected chi connectivity index (χ4v) is 3.52. The van der Waals surface area contributed by atoms with Crippen LogP contribution in [0.5, 0.6) is 0 Å². The number of aromatic nitrogens is 2. The minimum absolute atomic E-state index is 0.163. The van der Waals surface area contributed by atoms with E-state index in [1.54, 1.807) is 30.3 Å². The van der Waals surface area contributed by atoms with Gasteiger partial charge in [-0.05, 0) is 41.8 Å². The second kappa shape index (κ2) is 7.53. The zero-order valence-electron chi connectivity index (χ0n) is 14.5. The predicted octanol–water partition coefficient (Wildman–Crippen LogP) is 4.14. The molecule has 0 unspecified atom stereocenters. The van der Waals surface area contributed by atoms with E-state index < -0.39 is 10.0 Å². The summed E-state index contributed by atoms with van der Waals surface area (Å²) in [6, 6.07) is 19.4. The Balaban J connectivity index is 1.76. The van der Waals surface area contributed by atoms with Gasteiger partial charge in [-0.25, -0.2) is 8.42 Å². The second-order valence-electron chi connectivity index (χ2n) is 6.09. The summed E-state index contributed by atoms with van der Waals surface area (Å²) in [5.74, 6) is 1.07. The Hall–Kier alpha value is -2.93. The van der Waals surface area contributed by atoms with Gasteiger partial charge in [-0.1, -0.05) is 50.2 Å². The highest BCUT2D eigenvalue weighted by molar-refractivity contribution is 7.92. The highest BCUT2D eigenvalue weighted by Gasteiger charge is 2.14. The number of anilines is 3. The van der Waals surface area contributed by atoms with Gasteiger partial charge in [-0.2, -0.15) is 0 Å². The second-order valence-corrected chi connectivity index (χ2v) is 7.77. The lowest BCUT2D eigenvalue weighted by Gasteiger charge is -2.14. The molecule has 0 bridgehead atoms. The summed E-state index contributed by atoms with van der Waals surface area (Å²) in [7, 11) is -3.68. The first-order valence-electron chi connectivity index (χ1n) is 8.23. The quantitative estimate of drug-likeness (QED) is 0.683. The molecular weight excluding hydrogens is 348 g/mol. The van der Waals surface area contributed by atoms with Gasteiger partial charge in [-0.15, -0.1) is 10.2 Å². The van der Waals surface area contributed by atoms with Crippen LogP contribution in [0.1, 0.15) is 25.3 Å². The van der Waals surface area contributed by atoms with Crippen LogP contribution in [0, 0.1) is 0 Å². The molecule has 0 saturated heterocycles. The third kappa shape index (κ3) is 4.18. The molecule has 0 aliphatic carbocycles. The highest BCUT2D eigenvalue weighted by atomic mass is 32.2. The Kier molecular flexibility index (Phi) is 5.18. The van der Waals surface area contributed by atoms with Gasteiger partial charge < -0.3 is 5.32 Å².